The van der Waals surface area contributed by atoms with E-state index in [4.69, 9.17) is 18.9 Å². The van der Waals surface area contributed by atoms with Crippen LogP contribution in [0.3, 0.4) is 0 Å². The maximum absolute atomic E-state index is 13.4. The van der Waals surface area contributed by atoms with Crippen molar-refractivity contribution in [2.75, 3.05) is 19.8 Å². The molecule has 0 spiro atoms. The molecule has 2 aliphatic heterocycles. The third-order valence-electron chi connectivity index (χ3n) is 21.4. The molecule has 1 amide bonds. The van der Waals surface area contributed by atoms with Gasteiger partial charge in [0, 0.05) is 6.42 Å². The Bertz CT molecular complexity index is 2030. The fraction of sp³-hybridized carbons (Fsp3) is 0.856. The third kappa shape index (κ3) is 54.9. The zero-order valence-electron chi connectivity index (χ0n) is 67.0. The van der Waals surface area contributed by atoms with Crippen LogP contribution >= 0.6 is 0 Å². The predicted molar refractivity (Wildman–Crippen MR) is 433 cm³/mol. The molecule has 608 valence electrons. The molecule has 0 aromatic carbocycles. The van der Waals surface area contributed by atoms with Crippen molar-refractivity contribution in [3.63, 3.8) is 0 Å². The molecule has 104 heavy (non-hydrogen) atoms. The van der Waals surface area contributed by atoms with Gasteiger partial charge in [0.25, 0.3) is 0 Å². The minimum atomic E-state index is -1.78. The number of aliphatic hydroxyl groups excluding tert-OH is 8. The Morgan fingerprint density at radius 2 is 0.663 bits per heavy atom. The topological polar surface area (TPSA) is 228 Å². The van der Waals surface area contributed by atoms with Crippen LogP contribution in [0.2, 0.25) is 0 Å². The summed E-state index contributed by atoms with van der Waals surface area (Å²) in [6, 6.07) is -0.832. The maximum Gasteiger partial charge on any atom is 0.220 e. The molecule has 2 saturated heterocycles. The Kier molecular flexibility index (Phi) is 68.7. The number of unbranched alkanes of at least 4 members (excludes halogenated alkanes) is 50. The Morgan fingerprint density at radius 3 is 1.02 bits per heavy atom. The first kappa shape index (κ1) is 97.5. The normalized spacial score (nSPS) is 21.8. The lowest BCUT2D eigenvalue weighted by Crippen LogP contribution is -2.65. The van der Waals surface area contributed by atoms with Crippen LogP contribution in [0.4, 0.5) is 0 Å². The Balaban J connectivity index is 1.56. The van der Waals surface area contributed by atoms with E-state index in [0.717, 1.165) is 89.9 Å². The van der Waals surface area contributed by atoms with Gasteiger partial charge in [-0.3, -0.25) is 4.79 Å². The molecule has 0 aromatic rings. The summed E-state index contributed by atoms with van der Waals surface area (Å²) in [7, 11) is 0. The van der Waals surface area contributed by atoms with Gasteiger partial charge in [0.15, 0.2) is 12.6 Å². The number of carbonyl (C=O) groups is 1. The van der Waals surface area contributed by atoms with E-state index in [9.17, 15) is 45.6 Å². The van der Waals surface area contributed by atoms with Crippen LogP contribution in [0.25, 0.3) is 0 Å². The van der Waals surface area contributed by atoms with Crippen molar-refractivity contribution in [1.82, 2.24) is 5.32 Å². The quantitative estimate of drug-likeness (QED) is 0.0204. The van der Waals surface area contributed by atoms with Crippen LogP contribution in [0.5, 0.6) is 0 Å². The molecule has 0 aromatic heterocycles. The number of ether oxygens (including phenoxy) is 4. The van der Waals surface area contributed by atoms with E-state index >= 15 is 0 Å². The van der Waals surface area contributed by atoms with Crippen LogP contribution in [-0.4, -0.2) is 140 Å². The highest BCUT2D eigenvalue weighted by molar-refractivity contribution is 5.76. The van der Waals surface area contributed by atoms with Gasteiger partial charge in [-0.2, -0.15) is 0 Å². The second kappa shape index (κ2) is 73.2. The summed E-state index contributed by atoms with van der Waals surface area (Å²) < 4.78 is 23.0. The number of rotatable bonds is 75. The summed E-state index contributed by atoms with van der Waals surface area (Å²) in [6.07, 6.45) is 85.4. The van der Waals surface area contributed by atoms with E-state index in [0.29, 0.717) is 12.8 Å². The summed E-state index contributed by atoms with van der Waals surface area (Å²) in [5.41, 5.74) is 0. The highest BCUT2D eigenvalue weighted by atomic mass is 16.7. The van der Waals surface area contributed by atoms with Gasteiger partial charge in [-0.25, -0.2) is 0 Å². The average molecular weight is 1470 g/mol. The van der Waals surface area contributed by atoms with Gasteiger partial charge in [-0.15, -0.1) is 0 Å². The van der Waals surface area contributed by atoms with Crippen molar-refractivity contribution >= 4 is 5.91 Å². The van der Waals surface area contributed by atoms with Gasteiger partial charge < -0.3 is 65.1 Å². The van der Waals surface area contributed by atoms with Gasteiger partial charge in [0.1, 0.15) is 48.8 Å². The Morgan fingerprint density at radius 1 is 0.356 bits per heavy atom. The van der Waals surface area contributed by atoms with Gasteiger partial charge >= 0.3 is 0 Å². The SMILES string of the molecule is CC/C=C\C/C=C\C/C=C\C/C=C\C/C=C\C/C=C\CCCCCCCCCCCCCCCCCCCCCCC(=O)NC(COC1OC(CO)C(OC2OC(CO)C(O)C(O)C2O)C(O)C1O)C(O)CCCCCCCCCCCCCCCCCCCCCCCCCCCCCCCCC. The first-order valence-corrected chi connectivity index (χ1v) is 44.2. The molecule has 2 aliphatic rings. The molecule has 14 nitrogen and oxygen atoms in total. The number of amides is 1. The number of hydrogen-bond donors (Lipinski definition) is 9. The fourth-order valence-corrected chi connectivity index (χ4v) is 14.5. The number of hydrogen-bond acceptors (Lipinski definition) is 13. The van der Waals surface area contributed by atoms with E-state index in [1.54, 1.807) is 0 Å². The molecule has 14 heteroatoms. The molecular weight excluding hydrogens is 1300 g/mol. The maximum atomic E-state index is 13.4. The number of carbonyl (C=O) groups excluding carboxylic acids is 1. The van der Waals surface area contributed by atoms with E-state index in [1.807, 2.05) is 0 Å². The smallest absolute Gasteiger partial charge is 0.220 e. The van der Waals surface area contributed by atoms with Crippen molar-refractivity contribution in [2.24, 2.45) is 0 Å². The first-order chi connectivity index (χ1) is 51.1. The molecule has 2 fully saturated rings. The van der Waals surface area contributed by atoms with Gasteiger partial charge in [0.2, 0.25) is 5.91 Å². The minimum absolute atomic E-state index is 0.199. The molecule has 0 aliphatic carbocycles. The van der Waals surface area contributed by atoms with Crippen LogP contribution < -0.4 is 5.32 Å². The van der Waals surface area contributed by atoms with Crippen molar-refractivity contribution < 1.29 is 64.6 Å². The molecule has 0 saturated carbocycles. The molecule has 2 heterocycles. The van der Waals surface area contributed by atoms with Crippen LogP contribution in [0, 0.1) is 0 Å². The monoisotopic (exact) mass is 1470 g/mol. The molecule has 12 unspecified atom stereocenters. The lowest BCUT2D eigenvalue weighted by Gasteiger charge is -2.46. The number of allylic oxidation sites excluding steroid dienone is 12. The molecule has 12 atom stereocenters. The summed E-state index contributed by atoms with van der Waals surface area (Å²) in [5.74, 6) is -0.199. The highest BCUT2D eigenvalue weighted by Gasteiger charge is 2.51. The van der Waals surface area contributed by atoms with Gasteiger partial charge in [-0.1, -0.05) is 401 Å². The average Bonchev–Trinajstić information content (AvgIpc) is 0.791. The van der Waals surface area contributed by atoms with E-state index in [2.05, 4.69) is 92.1 Å². The highest BCUT2D eigenvalue weighted by Crippen LogP contribution is 2.31. The van der Waals surface area contributed by atoms with Crippen molar-refractivity contribution in [2.45, 2.75) is 473 Å². The fourth-order valence-electron chi connectivity index (χ4n) is 14.5. The number of nitrogens with one attached hydrogen (secondary N) is 1. The first-order valence-electron chi connectivity index (χ1n) is 44.2. The standard InChI is InChI=1S/C90H165NO13/c1-3-5-7-9-11-13-15-17-19-21-23-25-27-29-31-33-35-36-37-38-39-40-41-42-44-46-48-50-52-54-56-58-60-62-64-66-68-70-72-74-82(95)91-78(77-101-89-87(100)85(98)88(81(76-93)103-89)104-90-86(99)84(97)83(96)80(75-92)102-90)79(94)73-71-69-67-65-63-61-59-57-55-53-51-49-47-45-43-34-32-30-28-26-24-22-20-18-16-14-12-10-8-6-4-2/h5,7,11,13,17,19,23,25,29,31,35-36,78-81,83-90,92-94,96-100H,3-4,6,8-10,12,14-16,18,20-22,24,26-28,30,32-34,37-77H2,1-2H3,(H,91,95)/b7-5-,13-11-,19-17-,25-23-,31-29-,36-35-. The van der Waals surface area contributed by atoms with Gasteiger partial charge in [0.05, 0.1) is 32.0 Å². The van der Waals surface area contributed by atoms with E-state index in [-0.39, 0.29) is 12.5 Å². The lowest BCUT2D eigenvalue weighted by atomic mass is 9.97. The van der Waals surface area contributed by atoms with Crippen molar-refractivity contribution in [3.8, 4) is 0 Å². The molecule has 0 bridgehead atoms. The summed E-state index contributed by atoms with van der Waals surface area (Å²) in [6.45, 7) is 2.81. The molecule has 2 rings (SSSR count). The van der Waals surface area contributed by atoms with Crippen LogP contribution in [0.1, 0.15) is 399 Å². The summed E-state index contributed by atoms with van der Waals surface area (Å²) >= 11 is 0. The Hall–Kier alpha value is -2.57. The lowest BCUT2D eigenvalue weighted by molar-refractivity contribution is -0.359. The van der Waals surface area contributed by atoms with Crippen molar-refractivity contribution in [1.29, 1.82) is 0 Å². The molecule has 9 N–H and O–H groups in total. The summed E-state index contributed by atoms with van der Waals surface area (Å²) in [5, 5.41) is 88.0. The van der Waals surface area contributed by atoms with Crippen LogP contribution in [-0.2, 0) is 23.7 Å². The minimum Gasteiger partial charge on any atom is -0.394 e. The second-order valence-electron chi connectivity index (χ2n) is 31.0. The number of aliphatic hydroxyl groups is 8. The third-order valence-corrected chi connectivity index (χ3v) is 21.4. The van der Waals surface area contributed by atoms with E-state index in [1.165, 1.54) is 283 Å². The van der Waals surface area contributed by atoms with Crippen LogP contribution in [0.15, 0.2) is 72.9 Å². The Labute approximate surface area is 638 Å². The van der Waals surface area contributed by atoms with Gasteiger partial charge in [-0.05, 0) is 64.2 Å². The summed E-state index contributed by atoms with van der Waals surface area (Å²) in [4.78, 5) is 13.4. The largest absolute Gasteiger partial charge is 0.394 e. The van der Waals surface area contributed by atoms with Crippen molar-refractivity contribution in [3.05, 3.63) is 72.9 Å². The zero-order valence-corrected chi connectivity index (χ0v) is 67.0. The molecular formula is C90H165NO13. The molecule has 0 radical (unpaired) electrons. The predicted octanol–water partition coefficient (Wildman–Crippen LogP) is 21.3. The second-order valence-corrected chi connectivity index (χ2v) is 31.0. The van der Waals surface area contributed by atoms with E-state index < -0.39 is 86.8 Å². The zero-order chi connectivity index (χ0) is 75.1.